The zero-order valence-corrected chi connectivity index (χ0v) is 11.3. The molecule has 0 unspecified atom stereocenters. The fraction of sp³-hybridized carbons (Fsp3) is 0.667. The zero-order chi connectivity index (χ0) is 13.6. The summed E-state index contributed by atoms with van der Waals surface area (Å²) in [5.74, 6) is 6.89. The van der Waals surface area contributed by atoms with Gasteiger partial charge in [-0.1, -0.05) is 13.3 Å². The molecule has 1 aromatic rings. The van der Waals surface area contributed by atoms with E-state index in [9.17, 15) is 0 Å². The highest BCUT2D eigenvalue weighted by Crippen LogP contribution is 2.24. The van der Waals surface area contributed by atoms with Crippen LogP contribution < -0.4 is 16.6 Å². The summed E-state index contributed by atoms with van der Waals surface area (Å²) < 4.78 is 0. The van der Waals surface area contributed by atoms with E-state index in [1.807, 2.05) is 13.8 Å². The quantitative estimate of drug-likeness (QED) is 0.432. The van der Waals surface area contributed by atoms with E-state index in [0.29, 0.717) is 12.2 Å². The number of hydrazine groups is 1. The minimum absolute atomic E-state index is 0.135. The highest BCUT2D eigenvalue weighted by atomic mass is 16.3. The van der Waals surface area contributed by atoms with Crippen molar-refractivity contribution in [3.63, 3.8) is 0 Å². The van der Waals surface area contributed by atoms with Crippen molar-refractivity contribution in [2.45, 2.75) is 45.6 Å². The van der Waals surface area contributed by atoms with Crippen LogP contribution in [0.1, 0.15) is 39.2 Å². The Morgan fingerprint density at radius 3 is 2.56 bits per heavy atom. The van der Waals surface area contributed by atoms with E-state index in [0.717, 1.165) is 24.2 Å². The highest BCUT2D eigenvalue weighted by Gasteiger charge is 2.20. The molecule has 0 aliphatic rings. The summed E-state index contributed by atoms with van der Waals surface area (Å²) >= 11 is 0. The van der Waals surface area contributed by atoms with Gasteiger partial charge in [0.1, 0.15) is 18.0 Å². The molecule has 1 aromatic heterocycles. The Balaban J connectivity index is 3.00. The molecule has 0 aliphatic carbocycles. The number of hydrogen-bond donors (Lipinski definition) is 4. The van der Waals surface area contributed by atoms with Crippen LogP contribution in [0.5, 0.6) is 0 Å². The molecule has 0 bridgehead atoms. The summed E-state index contributed by atoms with van der Waals surface area (Å²) in [6, 6.07) is 0. The summed E-state index contributed by atoms with van der Waals surface area (Å²) in [7, 11) is 0. The highest BCUT2D eigenvalue weighted by molar-refractivity contribution is 5.57. The molecule has 0 fully saturated rings. The molecule has 0 atom stereocenters. The van der Waals surface area contributed by atoms with Gasteiger partial charge in [0.05, 0.1) is 0 Å². The van der Waals surface area contributed by atoms with Gasteiger partial charge in [0.25, 0.3) is 0 Å². The van der Waals surface area contributed by atoms with Gasteiger partial charge in [0, 0.05) is 17.7 Å². The number of rotatable bonds is 7. The number of hydrogen-bond acceptors (Lipinski definition) is 6. The van der Waals surface area contributed by atoms with E-state index in [1.54, 1.807) is 0 Å². The molecule has 0 saturated carbocycles. The molecule has 5 N–H and O–H groups in total. The van der Waals surface area contributed by atoms with Crippen molar-refractivity contribution in [3.05, 3.63) is 11.9 Å². The van der Waals surface area contributed by atoms with Crippen molar-refractivity contribution in [1.29, 1.82) is 0 Å². The van der Waals surface area contributed by atoms with E-state index in [-0.39, 0.29) is 12.1 Å². The van der Waals surface area contributed by atoms with Gasteiger partial charge >= 0.3 is 0 Å². The van der Waals surface area contributed by atoms with Crippen LogP contribution in [0.15, 0.2) is 6.33 Å². The number of nitrogens with one attached hydrogen (secondary N) is 2. The van der Waals surface area contributed by atoms with Crippen molar-refractivity contribution < 1.29 is 5.11 Å². The molecule has 6 heteroatoms. The molecule has 6 nitrogen and oxygen atoms in total. The fourth-order valence-corrected chi connectivity index (χ4v) is 1.79. The van der Waals surface area contributed by atoms with Crippen molar-refractivity contribution in [2.24, 2.45) is 5.84 Å². The predicted molar refractivity (Wildman–Crippen MR) is 73.2 cm³/mol. The Morgan fingerprint density at radius 2 is 2.00 bits per heavy atom. The zero-order valence-electron chi connectivity index (χ0n) is 11.3. The van der Waals surface area contributed by atoms with Gasteiger partial charge < -0.3 is 15.8 Å². The van der Waals surface area contributed by atoms with Crippen molar-refractivity contribution in [3.8, 4) is 0 Å². The average Bonchev–Trinajstić information content (AvgIpc) is 2.31. The van der Waals surface area contributed by atoms with Crippen LogP contribution in [0.25, 0.3) is 0 Å². The lowest BCUT2D eigenvalue weighted by Gasteiger charge is -2.27. The van der Waals surface area contributed by atoms with Gasteiger partial charge in [-0.05, 0) is 26.7 Å². The summed E-state index contributed by atoms with van der Waals surface area (Å²) in [5.41, 5.74) is 3.35. The summed E-state index contributed by atoms with van der Waals surface area (Å²) in [6.45, 7) is 6.28. The minimum Gasteiger partial charge on any atom is -0.396 e. The third-order valence-corrected chi connectivity index (χ3v) is 2.78. The summed E-state index contributed by atoms with van der Waals surface area (Å²) in [6.07, 6.45) is 3.95. The maximum Gasteiger partial charge on any atom is 0.148 e. The molecule has 102 valence electrons. The predicted octanol–water partition coefficient (Wildman–Crippen LogP) is 1.29. The molecule has 0 amide bonds. The van der Waals surface area contributed by atoms with Gasteiger partial charge in [-0.15, -0.1) is 0 Å². The summed E-state index contributed by atoms with van der Waals surface area (Å²) in [5, 5.41) is 12.4. The maximum absolute atomic E-state index is 9.05. The number of nitrogens with zero attached hydrogens (tertiary/aromatic N) is 2. The molecular weight excluding hydrogens is 230 g/mol. The second kappa shape index (κ2) is 6.51. The number of nitrogens with two attached hydrogens (primary N) is 1. The Labute approximate surface area is 108 Å². The van der Waals surface area contributed by atoms with Crippen LogP contribution >= 0.6 is 0 Å². The minimum atomic E-state index is -0.225. The Bertz CT molecular complexity index is 381. The molecule has 0 spiro atoms. The lowest BCUT2D eigenvalue weighted by Crippen LogP contribution is -2.33. The normalized spacial score (nSPS) is 11.4. The van der Waals surface area contributed by atoms with Gasteiger partial charge in [-0.3, -0.25) is 0 Å². The van der Waals surface area contributed by atoms with Gasteiger partial charge in [0.15, 0.2) is 0 Å². The van der Waals surface area contributed by atoms with E-state index >= 15 is 0 Å². The van der Waals surface area contributed by atoms with Gasteiger partial charge in [0.2, 0.25) is 0 Å². The first-order chi connectivity index (χ1) is 8.54. The lowest BCUT2D eigenvalue weighted by atomic mass is 10.0. The first-order valence-corrected chi connectivity index (χ1v) is 6.23. The molecule has 0 aromatic carbocycles. The molecule has 0 saturated heterocycles. The fourth-order valence-electron chi connectivity index (χ4n) is 1.79. The average molecular weight is 253 g/mol. The van der Waals surface area contributed by atoms with Crippen LogP contribution in [0, 0.1) is 0 Å². The number of aliphatic hydroxyl groups is 1. The first-order valence-electron chi connectivity index (χ1n) is 6.23. The van der Waals surface area contributed by atoms with Crippen molar-refractivity contribution in [2.75, 3.05) is 17.3 Å². The molecule has 0 radical (unpaired) electrons. The Kier molecular flexibility index (Phi) is 5.30. The van der Waals surface area contributed by atoms with E-state index in [2.05, 4.69) is 27.6 Å². The molecule has 0 aliphatic heterocycles. The number of aromatic nitrogens is 2. The van der Waals surface area contributed by atoms with Crippen molar-refractivity contribution in [1.82, 2.24) is 9.97 Å². The Morgan fingerprint density at radius 1 is 1.33 bits per heavy atom. The van der Waals surface area contributed by atoms with Crippen LogP contribution in [0.4, 0.5) is 11.6 Å². The van der Waals surface area contributed by atoms with Gasteiger partial charge in [-0.25, -0.2) is 15.8 Å². The van der Waals surface area contributed by atoms with Crippen molar-refractivity contribution >= 4 is 11.6 Å². The third-order valence-electron chi connectivity index (χ3n) is 2.78. The molecule has 1 rings (SSSR count). The number of nitrogen functional groups attached to an aromatic ring is 1. The lowest BCUT2D eigenvalue weighted by molar-refractivity contribution is 0.260. The molecular formula is C12H23N5O. The topological polar surface area (TPSA) is 96.1 Å². The van der Waals surface area contributed by atoms with E-state index in [4.69, 9.17) is 10.9 Å². The van der Waals surface area contributed by atoms with E-state index < -0.39 is 0 Å². The van der Waals surface area contributed by atoms with Crippen LogP contribution in [0.2, 0.25) is 0 Å². The monoisotopic (exact) mass is 253 g/mol. The first kappa shape index (κ1) is 14.7. The molecule has 18 heavy (non-hydrogen) atoms. The number of anilines is 2. The molecule has 1 heterocycles. The maximum atomic E-state index is 9.05. The third kappa shape index (κ3) is 3.82. The summed E-state index contributed by atoms with van der Waals surface area (Å²) in [4.78, 5) is 8.39. The SMILES string of the molecule is CCCc1c(NN)ncnc1NC(C)(C)CCO. The standard InChI is InChI=1S/C12H23N5O/c1-4-5-9-10(14-8-15-11(9)17-13)16-12(2,3)6-7-18/h8,18H,4-7,13H2,1-3H3,(H2,14,15,16,17). The van der Waals surface area contributed by atoms with Gasteiger partial charge in [-0.2, -0.15) is 0 Å². The largest absolute Gasteiger partial charge is 0.396 e. The number of aliphatic hydroxyl groups excluding tert-OH is 1. The van der Waals surface area contributed by atoms with Crippen LogP contribution in [-0.2, 0) is 6.42 Å². The van der Waals surface area contributed by atoms with E-state index in [1.165, 1.54) is 6.33 Å². The van der Waals surface area contributed by atoms with Crippen LogP contribution in [0.3, 0.4) is 0 Å². The second-order valence-corrected chi connectivity index (χ2v) is 4.93. The second-order valence-electron chi connectivity index (χ2n) is 4.93. The van der Waals surface area contributed by atoms with Crippen LogP contribution in [-0.4, -0.2) is 27.2 Å². The smallest absolute Gasteiger partial charge is 0.148 e. The Hall–Kier alpha value is -1.40.